The lowest BCUT2D eigenvalue weighted by Gasteiger charge is -2.14. The van der Waals surface area contributed by atoms with Crippen LogP contribution in [0, 0.1) is 0 Å². The van der Waals surface area contributed by atoms with Gasteiger partial charge < -0.3 is 14.6 Å². The maximum Gasteiger partial charge on any atom is 0.335 e. The van der Waals surface area contributed by atoms with Crippen molar-refractivity contribution >= 4 is 21.9 Å². The van der Waals surface area contributed by atoms with Gasteiger partial charge in [-0.2, -0.15) is 0 Å². The largest absolute Gasteiger partial charge is 0.490 e. The molecule has 0 atom stereocenters. The zero-order valence-corrected chi connectivity index (χ0v) is 14.9. The van der Waals surface area contributed by atoms with Crippen molar-refractivity contribution in [2.75, 3.05) is 13.2 Å². The summed E-state index contributed by atoms with van der Waals surface area (Å²) in [6.45, 7) is 5.13. The van der Waals surface area contributed by atoms with Crippen molar-refractivity contribution in [3.8, 4) is 11.5 Å². The molecule has 0 spiro atoms. The van der Waals surface area contributed by atoms with Gasteiger partial charge in [0.15, 0.2) is 11.5 Å². The molecule has 0 unspecified atom stereocenters. The normalized spacial score (nSPS) is 10.5. The van der Waals surface area contributed by atoms with Crippen molar-refractivity contribution in [2.24, 2.45) is 0 Å². The molecule has 0 fully saturated rings. The SMILES string of the molecule is CCCCCCCCOc1c(Br)cc(C(=O)O)cc1OCC. The van der Waals surface area contributed by atoms with E-state index in [1.807, 2.05) is 6.92 Å². The third kappa shape index (κ3) is 6.26. The number of unbranched alkanes of at least 4 members (excludes halogenated alkanes) is 5. The number of ether oxygens (including phenoxy) is 2. The van der Waals surface area contributed by atoms with Crippen LogP contribution in [0.3, 0.4) is 0 Å². The second-order valence-electron chi connectivity index (χ2n) is 5.14. The van der Waals surface area contributed by atoms with Crippen LogP contribution in [-0.4, -0.2) is 24.3 Å². The molecule has 5 heteroatoms. The molecule has 124 valence electrons. The fourth-order valence-electron chi connectivity index (χ4n) is 2.15. The lowest BCUT2D eigenvalue weighted by Crippen LogP contribution is -2.04. The lowest BCUT2D eigenvalue weighted by molar-refractivity contribution is 0.0696. The van der Waals surface area contributed by atoms with E-state index in [1.54, 1.807) is 6.07 Å². The molecule has 0 aliphatic rings. The average Bonchev–Trinajstić information content (AvgIpc) is 2.48. The summed E-state index contributed by atoms with van der Waals surface area (Å²) in [5.74, 6) is 0.0739. The highest BCUT2D eigenvalue weighted by atomic mass is 79.9. The molecule has 1 rings (SSSR count). The number of halogens is 1. The molecule has 0 saturated carbocycles. The van der Waals surface area contributed by atoms with E-state index in [4.69, 9.17) is 14.6 Å². The van der Waals surface area contributed by atoms with E-state index < -0.39 is 5.97 Å². The van der Waals surface area contributed by atoms with Crippen LogP contribution in [0.5, 0.6) is 11.5 Å². The van der Waals surface area contributed by atoms with Crippen LogP contribution in [0.1, 0.15) is 62.7 Å². The molecule has 0 aromatic heterocycles. The van der Waals surface area contributed by atoms with Gasteiger partial charge in [0, 0.05) is 0 Å². The number of hydrogen-bond donors (Lipinski definition) is 1. The van der Waals surface area contributed by atoms with Crippen LogP contribution in [0.25, 0.3) is 0 Å². The van der Waals surface area contributed by atoms with Gasteiger partial charge in [-0.15, -0.1) is 0 Å². The molecule has 0 aliphatic carbocycles. The van der Waals surface area contributed by atoms with E-state index in [1.165, 1.54) is 31.7 Å². The molecule has 0 radical (unpaired) electrons. The molecule has 0 aliphatic heterocycles. The molecule has 0 heterocycles. The van der Waals surface area contributed by atoms with Gasteiger partial charge >= 0.3 is 5.97 Å². The van der Waals surface area contributed by atoms with E-state index in [0.29, 0.717) is 29.2 Å². The van der Waals surface area contributed by atoms with Gasteiger partial charge in [0.1, 0.15) is 0 Å². The van der Waals surface area contributed by atoms with Gasteiger partial charge in [-0.25, -0.2) is 4.79 Å². The van der Waals surface area contributed by atoms with Gasteiger partial charge in [0.05, 0.1) is 23.2 Å². The Hall–Kier alpha value is -1.23. The van der Waals surface area contributed by atoms with Crippen LogP contribution in [0.2, 0.25) is 0 Å². The van der Waals surface area contributed by atoms with Crippen LogP contribution < -0.4 is 9.47 Å². The minimum absolute atomic E-state index is 0.183. The van der Waals surface area contributed by atoms with E-state index in [2.05, 4.69) is 22.9 Å². The number of hydrogen-bond acceptors (Lipinski definition) is 3. The molecule has 0 amide bonds. The second kappa shape index (κ2) is 10.5. The Bertz CT molecular complexity index is 474. The minimum Gasteiger partial charge on any atom is -0.490 e. The van der Waals surface area contributed by atoms with Crippen LogP contribution >= 0.6 is 15.9 Å². The summed E-state index contributed by atoms with van der Waals surface area (Å²) in [7, 11) is 0. The fourth-order valence-corrected chi connectivity index (χ4v) is 2.71. The van der Waals surface area contributed by atoms with Crippen molar-refractivity contribution in [2.45, 2.75) is 52.4 Å². The van der Waals surface area contributed by atoms with Gasteiger partial charge in [0.2, 0.25) is 0 Å². The first-order valence-corrected chi connectivity index (χ1v) is 8.71. The topological polar surface area (TPSA) is 55.8 Å². The predicted molar refractivity (Wildman–Crippen MR) is 91.1 cm³/mol. The standard InChI is InChI=1S/C17H25BrO4/c1-3-5-6-7-8-9-10-22-16-14(18)11-13(17(19)20)12-15(16)21-4-2/h11-12H,3-10H2,1-2H3,(H,19,20). The molecule has 1 aromatic carbocycles. The van der Waals surface area contributed by atoms with Gasteiger partial charge in [-0.05, 0) is 41.4 Å². The first-order chi connectivity index (χ1) is 10.6. The average molecular weight is 373 g/mol. The summed E-state index contributed by atoms with van der Waals surface area (Å²) >= 11 is 3.37. The van der Waals surface area contributed by atoms with Crippen molar-refractivity contribution in [3.05, 3.63) is 22.2 Å². The summed E-state index contributed by atoms with van der Waals surface area (Å²) in [6.07, 6.45) is 7.18. The Morgan fingerprint density at radius 3 is 2.41 bits per heavy atom. The van der Waals surface area contributed by atoms with Crippen molar-refractivity contribution in [1.82, 2.24) is 0 Å². The summed E-state index contributed by atoms with van der Waals surface area (Å²) in [4.78, 5) is 11.1. The van der Waals surface area contributed by atoms with E-state index >= 15 is 0 Å². The van der Waals surface area contributed by atoms with Gasteiger partial charge in [0.25, 0.3) is 0 Å². The van der Waals surface area contributed by atoms with Crippen LogP contribution in [0.15, 0.2) is 16.6 Å². The number of carboxylic acid groups (broad SMARTS) is 1. The molecule has 4 nitrogen and oxygen atoms in total. The number of benzene rings is 1. The monoisotopic (exact) mass is 372 g/mol. The highest BCUT2D eigenvalue weighted by Gasteiger charge is 2.15. The number of aromatic carboxylic acids is 1. The second-order valence-corrected chi connectivity index (χ2v) is 5.99. The molecule has 22 heavy (non-hydrogen) atoms. The molecule has 1 N–H and O–H groups in total. The van der Waals surface area contributed by atoms with Gasteiger partial charge in [-0.3, -0.25) is 0 Å². The van der Waals surface area contributed by atoms with Crippen LogP contribution in [0.4, 0.5) is 0 Å². The fraction of sp³-hybridized carbons (Fsp3) is 0.588. The Morgan fingerprint density at radius 1 is 1.09 bits per heavy atom. The highest BCUT2D eigenvalue weighted by Crippen LogP contribution is 2.37. The van der Waals surface area contributed by atoms with Gasteiger partial charge in [-0.1, -0.05) is 39.0 Å². The highest BCUT2D eigenvalue weighted by molar-refractivity contribution is 9.10. The zero-order chi connectivity index (χ0) is 16.4. The van der Waals surface area contributed by atoms with Crippen LogP contribution in [-0.2, 0) is 0 Å². The Kier molecular flexibility index (Phi) is 8.97. The smallest absolute Gasteiger partial charge is 0.335 e. The first-order valence-electron chi connectivity index (χ1n) is 7.92. The maximum absolute atomic E-state index is 11.1. The van der Waals surface area contributed by atoms with E-state index in [9.17, 15) is 4.79 Å². The Labute approximate surface area is 140 Å². The number of carboxylic acids is 1. The predicted octanol–water partition coefficient (Wildman–Crippen LogP) is 5.29. The molecule has 0 bridgehead atoms. The molecule has 0 saturated heterocycles. The Morgan fingerprint density at radius 2 is 1.77 bits per heavy atom. The quantitative estimate of drug-likeness (QED) is 0.536. The van der Waals surface area contributed by atoms with Crippen molar-refractivity contribution in [1.29, 1.82) is 0 Å². The van der Waals surface area contributed by atoms with Crippen molar-refractivity contribution in [3.63, 3.8) is 0 Å². The zero-order valence-electron chi connectivity index (χ0n) is 13.4. The molecular weight excluding hydrogens is 348 g/mol. The number of rotatable bonds is 11. The van der Waals surface area contributed by atoms with Crippen molar-refractivity contribution < 1.29 is 19.4 Å². The summed E-state index contributed by atoms with van der Waals surface area (Å²) in [5.41, 5.74) is 0.183. The number of carbonyl (C=O) groups is 1. The third-order valence-electron chi connectivity index (χ3n) is 3.30. The first kappa shape index (κ1) is 18.8. The molecule has 1 aromatic rings. The maximum atomic E-state index is 11.1. The third-order valence-corrected chi connectivity index (χ3v) is 3.89. The summed E-state index contributed by atoms with van der Waals surface area (Å²) < 4.78 is 11.9. The summed E-state index contributed by atoms with van der Waals surface area (Å²) in [5, 5.41) is 9.09. The molecular formula is C17H25BrO4. The summed E-state index contributed by atoms with van der Waals surface area (Å²) in [6, 6.07) is 3.05. The van der Waals surface area contributed by atoms with E-state index in [0.717, 1.165) is 12.8 Å². The minimum atomic E-state index is -0.982. The Balaban J connectivity index is 2.59. The van der Waals surface area contributed by atoms with E-state index in [-0.39, 0.29) is 5.56 Å². The lowest BCUT2D eigenvalue weighted by atomic mass is 10.1.